The number of fused-ring (bicyclic) bond motifs is 1. The van der Waals surface area contributed by atoms with Crippen molar-refractivity contribution in [2.75, 3.05) is 13.2 Å². The molecule has 4 heterocycles. The molecular weight excluding hydrogens is 340 g/mol. The van der Waals surface area contributed by atoms with Crippen LogP contribution in [0.1, 0.15) is 30.9 Å². The summed E-state index contributed by atoms with van der Waals surface area (Å²) >= 11 is 0. The number of aromatic amines is 1. The van der Waals surface area contributed by atoms with Crippen molar-refractivity contribution in [3.05, 3.63) is 65.9 Å². The fourth-order valence-corrected chi connectivity index (χ4v) is 3.76. The molecule has 2 aliphatic heterocycles. The molecule has 3 aliphatic rings. The van der Waals surface area contributed by atoms with E-state index in [9.17, 15) is 0 Å². The molecule has 2 unspecified atom stereocenters. The molecule has 27 heavy (non-hydrogen) atoms. The molecule has 0 bridgehead atoms. The van der Waals surface area contributed by atoms with Gasteiger partial charge in [0.05, 0.1) is 12.6 Å². The van der Waals surface area contributed by atoms with Gasteiger partial charge in [-0.15, -0.1) is 0 Å². The van der Waals surface area contributed by atoms with Gasteiger partial charge in [0.15, 0.2) is 11.9 Å². The minimum absolute atomic E-state index is 0.0492. The minimum Gasteiger partial charge on any atom is -0.490 e. The Kier molecular flexibility index (Phi) is 4.16. The molecule has 6 nitrogen and oxygen atoms in total. The number of nitrogens with one attached hydrogen (secondary N) is 2. The van der Waals surface area contributed by atoms with E-state index in [1.165, 1.54) is 5.56 Å². The number of nitrogens with zero attached hydrogens (tertiary/aromatic N) is 2. The summed E-state index contributed by atoms with van der Waals surface area (Å²) in [6, 6.07) is 4.34. The lowest BCUT2D eigenvalue weighted by molar-refractivity contribution is 0.00348. The van der Waals surface area contributed by atoms with E-state index < -0.39 is 0 Å². The van der Waals surface area contributed by atoms with Crippen molar-refractivity contribution in [3.8, 4) is 0 Å². The van der Waals surface area contributed by atoms with E-state index in [-0.39, 0.29) is 12.1 Å². The van der Waals surface area contributed by atoms with Crippen molar-refractivity contribution in [1.82, 2.24) is 15.3 Å². The molecule has 2 atom stereocenters. The number of hydrogen-bond acceptors (Lipinski definition) is 4. The van der Waals surface area contributed by atoms with Gasteiger partial charge in [-0.2, -0.15) is 0 Å². The van der Waals surface area contributed by atoms with Crippen molar-refractivity contribution in [3.63, 3.8) is 0 Å². The van der Waals surface area contributed by atoms with E-state index in [1.54, 1.807) is 0 Å². The Labute approximate surface area is 157 Å². The van der Waals surface area contributed by atoms with Crippen LogP contribution in [0.15, 0.2) is 65.3 Å². The first-order chi connectivity index (χ1) is 13.4. The molecule has 0 saturated carbocycles. The third-order valence-electron chi connectivity index (χ3n) is 5.12. The standard InChI is InChI=1S/C21H22N4O2/c1-2-6-19-18(5-1)26-13-14(27-19)12-24-20-7-3-4-17(25-20)15-8-10-22-21-16(15)9-11-23-21/h2-3,6-11,14,17H,1,4-5,12-13H2,(H,22,23)(H,24,25). The maximum absolute atomic E-state index is 6.04. The third kappa shape index (κ3) is 3.23. The molecule has 2 aromatic rings. The molecular formula is C21H22N4O2. The normalized spacial score (nSPS) is 25.9. The summed E-state index contributed by atoms with van der Waals surface area (Å²) in [5.41, 5.74) is 2.15. The fourth-order valence-electron chi connectivity index (χ4n) is 3.76. The van der Waals surface area contributed by atoms with E-state index in [1.807, 2.05) is 24.5 Å². The van der Waals surface area contributed by atoms with E-state index in [0.29, 0.717) is 13.2 Å². The monoisotopic (exact) mass is 362 g/mol. The van der Waals surface area contributed by atoms with Crippen molar-refractivity contribution in [2.45, 2.75) is 31.4 Å². The Morgan fingerprint density at radius 1 is 1.22 bits per heavy atom. The zero-order chi connectivity index (χ0) is 18.1. The maximum Gasteiger partial charge on any atom is 0.157 e. The molecule has 1 aliphatic carbocycles. The number of ether oxygens (including phenoxy) is 2. The van der Waals surface area contributed by atoms with Gasteiger partial charge in [-0.25, -0.2) is 4.98 Å². The van der Waals surface area contributed by atoms with Gasteiger partial charge in [0, 0.05) is 24.2 Å². The maximum atomic E-state index is 6.04. The molecule has 0 radical (unpaired) electrons. The number of aromatic nitrogens is 2. The summed E-state index contributed by atoms with van der Waals surface area (Å²) in [5.74, 6) is 2.73. The molecule has 6 heteroatoms. The van der Waals surface area contributed by atoms with E-state index >= 15 is 0 Å². The van der Waals surface area contributed by atoms with Crippen LogP contribution < -0.4 is 5.32 Å². The highest BCUT2D eigenvalue weighted by atomic mass is 16.6. The summed E-state index contributed by atoms with van der Waals surface area (Å²) < 4.78 is 11.9. The Balaban J connectivity index is 1.28. The second-order valence-corrected chi connectivity index (χ2v) is 6.98. The van der Waals surface area contributed by atoms with Gasteiger partial charge in [0.2, 0.25) is 0 Å². The topological polar surface area (TPSA) is 71.5 Å². The van der Waals surface area contributed by atoms with Gasteiger partial charge in [-0.3, -0.25) is 4.99 Å². The van der Waals surface area contributed by atoms with Gasteiger partial charge in [0.1, 0.15) is 23.8 Å². The van der Waals surface area contributed by atoms with Crippen LogP contribution in [0.4, 0.5) is 0 Å². The molecule has 138 valence electrons. The number of H-pyrrole nitrogens is 1. The highest BCUT2D eigenvalue weighted by Crippen LogP contribution is 2.28. The van der Waals surface area contributed by atoms with Gasteiger partial charge in [0.25, 0.3) is 0 Å². The number of allylic oxidation sites excluding steroid dienone is 3. The predicted molar refractivity (Wildman–Crippen MR) is 104 cm³/mol. The summed E-state index contributed by atoms with van der Waals surface area (Å²) in [7, 11) is 0. The summed E-state index contributed by atoms with van der Waals surface area (Å²) in [4.78, 5) is 12.3. The zero-order valence-electron chi connectivity index (χ0n) is 15.0. The van der Waals surface area contributed by atoms with Crippen LogP contribution >= 0.6 is 0 Å². The second-order valence-electron chi connectivity index (χ2n) is 6.98. The van der Waals surface area contributed by atoms with Crippen LogP contribution in [0.5, 0.6) is 0 Å². The highest BCUT2D eigenvalue weighted by Gasteiger charge is 2.24. The number of hydrogen-bond donors (Lipinski definition) is 2. The van der Waals surface area contributed by atoms with Crippen LogP contribution in [-0.2, 0) is 9.47 Å². The smallest absolute Gasteiger partial charge is 0.157 e. The fraction of sp³-hybridized carbons (Fsp3) is 0.333. The Bertz CT molecular complexity index is 969. The number of pyridine rings is 1. The van der Waals surface area contributed by atoms with Gasteiger partial charge >= 0.3 is 0 Å². The number of aliphatic imine (C=N–C) groups is 1. The molecule has 0 amide bonds. The lowest BCUT2D eigenvalue weighted by atomic mass is 9.99. The average Bonchev–Trinajstić information content (AvgIpc) is 3.21. The van der Waals surface area contributed by atoms with Crippen molar-refractivity contribution >= 4 is 16.9 Å². The first-order valence-corrected chi connectivity index (χ1v) is 9.45. The summed E-state index contributed by atoms with van der Waals surface area (Å²) in [5, 5.41) is 4.70. The predicted octanol–water partition coefficient (Wildman–Crippen LogP) is 3.53. The lowest BCUT2D eigenvalue weighted by Crippen LogP contribution is -2.33. The van der Waals surface area contributed by atoms with Gasteiger partial charge in [-0.05, 0) is 42.7 Å². The largest absolute Gasteiger partial charge is 0.490 e. The van der Waals surface area contributed by atoms with E-state index in [4.69, 9.17) is 14.5 Å². The van der Waals surface area contributed by atoms with Crippen LogP contribution in [0.25, 0.3) is 11.0 Å². The average molecular weight is 362 g/mol. The molecule has 0 spiro atoms. The van der Waals surface area contributed by atoms with Crippen LogP contribution in [0, 0.1) is 0 Å². The molecule has 2 N–H and O–H groups in total. The molecule has 0 saturated heterocycles. The second kappa shape index (κ2) is 6.95. The minimum atomic E-state index is -0.0492. The SMILES string of the molecule is C1=CC2=C(CC1)OCC(CN=C1C=CCC(c3ccnc4[nH]ccc34)N1)O2. The van der Waals surface area contributed by atoms with Crippen LogP contribution in [-0.4, -0.2) is 35.1 Å². The number of rotatable bonds is 3. The lowest BCUT2D eigenvalue weighted by Gasteiger charge is -2.29. The van der Waals surface area contributed by atoms with Gasteiger partial charge < -0.3 is 19.8 Å². The highest BCUT2D eigenvalue weighted by molar-refractivity contribution is 5.94. The Hall–Kier alpha value is -3.02. The molecule has 0 aromatic carbocycles. The first kappa shape index (κ1) is 16.2. The van der Waals surface area contributed by atoms with Crippen LogP contribution in [0.2, 0.25) is 0 Å². The Morgan fingerprint density at radius 2 is 2.22 bits per heavy atom. The summed E-state index contributed by atoms with van der Waals surface area (Å²) in [6.45, 7) is 1.13. The zero-order valence-corrected chi connectivity index (χ0v) is 15.0. The van der Waals surface area contributed by atoms with Crippen molar-refractivity contribution < 1.29 is 9.47 Å². The quantitative estimate of drug-likeness (QED) is 0.876. The van der Waals surface area contributed by atoms with Gasteiger partial charge in [-0.1, -0.05) is 12.2 Å². The van der Waals surface area contributed by atoms with E-state index in [0.717, 1.165) is 47.6 Å². The first-order valence-electron chi connectivity index (χ1n) is 9.45. The van der Waals surface area contributed by atoms with Crippen molar-refractivity contribution in [2.24, 2.45) is 4.99 Å². The molecule has 0 fully saturated rings. The summed E-state index contributed by atoms with van der Waals surface area (Å²) in [6.07, 6.45) is 15.0. The third-order valence-corrected chi connectivity index (χ3v) is 5.12. The molecule has 5 rings (SSSR count). The van der Waals surface area contributed by atoms with E-state index in [2.05, 4.69) is 39.6 Å². The molecule has 2 aromatic heterocycles. The number of amidine groups is 1. The Morgan fingerprint density at radius 3 is 3.22 bits per heavy atom. The van der Waals surface area contributed by atoms with Crippen LogP contribution in [0.3, 0.4) is 0 Å². The van der Waals surface area contributed by atoms with Crippen molar-refractivity contribution in [1.29, 1.82) is 0 Å².